The van der Waals surface area contributed by atoms with Gasteiger partial charge in [-0.3, -0.25) is 0 Å². The van der Waals surface area contributed by atoms with E-state index in [9.17, 15) is 0 Å². The number of aryl methyl sites for hydroxylation is 1. The molecule has 0 unspecified atom stereocenters. The van der Waals surface area contributed by atoms with E-state index < -0.39 is 0 Å². The largest absolute Gasteiger partial charge is 0.398 e. The third-order valence-electron chi connectivity index (χ3n) is 3.04. The molecule has 0 spiro atoms. The van der Waals surface area contributed by atoms with Gasteiger partial charge in [-0.1, -0.05) is 6.07 Å². The van der Waals surface area contributed by atoms with Gasteiger partial charge in [-0.15, -0.1) is 10.2 Å². The Balaban J connectivity index is 1.86. The zero-order valence-corrected chi connectivity index (χ0v) is 9.67. The van der Waals surface area contributed by atoms with Crippen molar-refractivity contribution in [3.63, 3.8) is 0 Å². The Labute approximate surface area is 99.0 Å². The first kappa shape index (κ1) is 10.1. The highest BCUT2D eigenvalue weighted by molar-refractivity contribution is 5.67. The lowest BCUT2D eigenvalue weighted by molar-refractivity contribution is 0.626. The van der Waals surface area contributed by atoms with E-state index in [0.717, 1.165) is 24.5 Å². The molecule has 2 heterocycles. The standard InChI is InChI=1S/C11H14N6/c1-16-14-11(13-15-16)7-17-6-5-8-9(12)3-2-4-10(8)17/h2-4H,5-7,12H2,1H3. The maximum absolute atomic E-state index is 5.96. The van der Waals surface area contributed by atoms with Crippen molar-refractivity contribution in [1.29, 1.82) is 0 Å². The molecular formula is C11H14N6. The second-order valence-electron chi connectivity index (χ2n) is 4.21. The summed E-state index contributed by atoms with van der Waals surface area (Å²) in [7, 11) is 1.77. The van der Waals surface area contributed by atoms with Crippen LogP contribution < -0.4 is 10.6 Å². The molecule has 6 nitrogen and oxygen atoms in total. The van der Waals surface area contributed by atoms with Crippen LogP contribution in [0.15, 0.2) is 18.2 Å². The van der Waals surface area contributed by atoms with E-state index in [1.807, 2.05) is 12.1 Å². The van der Waals surface area contributed by atoms with Gasteiger partial charge in [0.1, 0.15) is 0 Å². The lowest BCUT2D eigenvalue weighted by atomic mass is 10.1. The summed E-state index contributed by atoms with van der Waals surface area (Å²) in [6, 6.07) is 6.02. The number of rotatable bonds is 2. The lowest BCUT2D eigenvalue weighted by Crippen LogP contribution is -2.20. The summed E-state index contributed by atoms with van der Waals surface area (Å²) in [5.74, 6) is 0.739. The molecule has 0 amide bonds. The lowest BCUT2D eigenvalue weighted by Gasteiger charge is -2.17. The molecule has 2 N–H and O–H groups in total. The normalized spacial score (nSPS) is 14.1. The van der Waals surface area contributed by atoms with Gasteiger partial charge in [0.05, 0.1) is 13.6 Å². The van der Waals surface area contributed by atoms with Crippen LogP contribution >= 0.6 is 0 Å². The molecule has 0 fully saturated rings. The topological polar surface area (TPSA) is 72.9 Å². The van der Waals surface area contributed by atoms with Crippen LogP contribution in [0.4, 0.5) is 11.4 Å². The van der Waals surface area contributed by atoms with E-state index in [1.165, 1.54) is 16.0 Å². The Hall–Kier alpha value is -2.11. The van der Waals surface area contributed by atoms with Crippen molar-refractivity contribution in [1.82, 2.24) is 20.2 Å². The Morgan fingerprint density at radius 3 is 3.06 bits per heavy atom. The third kappa shape index (κ3) is 1.71. The third-order valence-corrected chi connectivity index (χ3v) is 3.04. The van der Waals surface area contributed by atoms with Gasteiger partial charge in [-0.05, 0) is 23.8 Å². The Kier molecular flexibility index (Phi) is 2.21. The van der Waals surface area contributed by atoms with E-state index in [4.69, 9.17) is 5.73 Å². The van der Waals surface area contributed by atoms with E-state index in [2.05, 4.69) is 26.4 Å². The minimum Gasteiger partial charge on any atom is -0.398 e. The van der Waals surface area contributed by atoms with Gasteiger partial charge < -0.3 is 10.6 Å². The highest BCUT2D eigenvalue weighted by Crippen LogP contribution is 2.32. The van der Waals surface area contributed by atoms with Gasteiger partial charge in [-0.25, -0.2) is 0 Å². The quantitative estimate of drug-likeness (QED) is 0.754. The van der Waals surface area contributed by atoms with Crippen LogP contribution in [0.1, 0.15) is 11.4 Å². The number of nitrogens with two attached hydrogens (primary N) is 1. The summed E-state index contributed by atoms with van der Waals surface area (Å²) >= 11 is 0. The summed E-state index contributed by atoms with van der Waals surface area (Å²) in [5.41, 5.74) is 9.25. The van der Waals surface area contributed by atoms with Crippen LogP contribution in [0.2, 0.25) is 0 Å². The van der Waals surface area contributed by atoms with Gasteiger partial charge >= 0.3 is 0 Å². The number of benzene rings is 1. The number of aromatic nitrogens is 4. The second kappa shape index (κ2) is 3.73. The molecule has 0 radical (unpaired) electrons. The molecule has 0 bridgehead atoms. The molecule has 0 atom stereocenters. The maximum Gasteiger partial charge on any atom is 0.193 e. The first-order valence-electron chi connectivity index (χ1n) is 5.59. The predicted octanol–water partition coefficient (Wildman–Crippen LogP) is 0.355. The van der Waals surface area contributed by atoms with Crippen LogP contribution in [0.5, 0.6) is 0 Å². The number of hydrogen-bond acceptors (Lipinski definition) is 5. The van der Waals surface area contributed by atoms with Crippen LogP contribution in [0, 0.1) is 0 Å². The van der Waals surface area contributed by atoms with Crippen molar-refractivity contribution in [2.45, 2.75) is 13.0 Å². The zero-order chi connectivity index (χ0) is 11.8. The molecule has 1 aromatic heterocycles. The number of anilines is 2. The molecule has 1 aliphatic rings. The zero-order valence-electron chi connectivity index (χ0n) is 9.67. The Morgan fingerprint density at radius 2 is 2.29 bits per heavy atom. The van der Waals surface area contributed by atoms with Gasteiger partial charge in [-0.2, -0.15) is 4.80 Å². The highest BCUT2D eigenvalue weighted by atomic mass is 15.6. The monoisotopic (exact) mass is 230 g/mol. The fraction of sp³-hybridized carbons (Fsp3) is 0.364. The van der Waals surface area contributed by atoms with Crippen LogP contribution in [-0.4, -0.2) is 26.8 Å². The average Bonchev–Trinajstić information content (AvgIpc) is 2.88. The summed E-state index contributed by atoms with van der Waals surface area (Å²) in [4.78, 5) is 3.72. The minimum atomic E-state index is 0.685. The Morgan fingerprint density at radius 1 is 1.41 bits per heavy atom. The predicted molar refractivity (Wildman–Crippen MR) is 64.4 cm³/mol. The molecular weight excluding hydrogens is 216 g/mol. The summed E-state index contributed by atoms with van der Waals surface area (Å²) < 4.78 is 0. The van der Waals surface area contributed by atoms with Crippen LogP contribution in [0.3, 0.4) is 0 Å². The molecule has 6 heteroatoms. The SMILES string of the molecule is Cn1nnc(CN2CCc3c(N)cccc32)n1. The molecule has 17 heavy (non-hydrogen) atoms. The Bertz CT molecular complexity index is 547. The molecule has 1 aliphatic heterocycles. The number of fused-ring (bicyclic) bond motifs is 1. The molecule has 0 saturated carbocycles. The smallest absolute Gasteiger partial charge is 0.193 e. The number of tetrazole rings is 1. The van der Waals surface area contributed by atoms with E-state index in [-0.39, 0.29) is 0 Å². The molecule has 0 aliphatic carbocycles. The number of nitrogen functional groups attached to an aromatic ring is 1. The van der Waals surface area contributed by atoms with Crippen molar-refractivity contribution in [3.8, 4) is 0 Å². The van der Waals surface area contributed by atoms with E-state index in [0.29, 0.717) is 6.54 Å². The van der Waals surface area contributed by atoms with Crippen molar-refractivity contribution < 1.29 is 0 Å². The van der Waals surface area contributed by atoms with Crippen LogP contribution in [0.25, 0.3) is 0 Å². The fourth-order valence-electron chi connectivity index (χ4n) is 2.25. The molecule has 3 rings (SSSR count). The van der Waals surface area contributed by atoms with E-state index >= 15 is 0 Å². The maximum atomic E-state index is 5.96. The van der Waals surface area contributed by atoms with Crippen molar-refractivity contribution >= 4 is 11.4 Å². The summed E-state index contributed by atoms with van der Waals surface area (Å²) in [6.45, 7) is 1.64. The van der Waals surface area contributed by atoms with E-state index in [1.54, 1.807) is 7.05 Å². The summed E-state index contributed by atoms with van der Waals surface area (Å²) in [5, 5.41) is 12.0. The van der Waals surface area contributed by atoms with Gasteiger partial charge in [0.15, 0.2) is 5.82 Å². The first-order valence-corrected chi connectivity index (χ1v) is 5.59. The minimum absolute atomic E-state index is 0.685. The van der Waals surface area contributed by atoms with Crippen molar-refractivity contribution in [3.05, 3.63) is 29.6 Å². The highest BCUT2D eigenvalue weighted by Gasteiger charge is 2.21. The number of nitrogens with zero attached hydrogens (tertiary/aromatic N) is 5. The summed E-state index contributed by atoms with van der Waals surface area (Å²) in [6.07, 6.45) is 0.988. The van der Waals surface area contributed by atoms with Crippen molar-refractivity contribution in [2.24, 2.45) is 7.05 Å². The van der Waals surface area contributed by atoms with Crippen molar-refractivity contribution in [2.75, 3.05) is 17.2 Å². The average molecular weight is 230 g/mol. The number of hydrogen-bond donors (Lipinski definition) is 1. The molecule has 88 valence electrons. The van der Waals surface area contributed by atoms with Gasteiger partial charge in [0.2, 0.25) is 0 Å². The van der Waals surface area contributed by atoms with Gasteiger partial charge in [0, 0.05) is 23.5 Å². The van der Waals surface area contributed by atoms with Gasteiger partial charge in [0.25, 0.3) is 0 Å². The molecule has 1 aromatic carbocycles. The molecule has 2 aromatic rings. The second-order valence-corrected chi connectivity index (χ2v) is 4.21. The first-order chi connectivity index (χ1) is 8.24. The van der Waals surface area contributed by atoms with Crippen LogP contribution in [-0.2, 0) is 20.0 Å². The fourth-order valence-corrected chi connectivity index (χ4v) is 2.25. The molecule has 0 saturated heterocycles.